The minimum atomic E-state index is -0.215. The van der Waals surface area contributed by atoms with Gasteiger partial charge in [-0.2, -0.15) is 0 Å². The molecule has 0 heterocycles. The van der Waals surface area contributed by atoms with E-state index in [1.807, 2.05) is 0 Å². The van der Waals surface area contributed by atoms with Crippen molar-refractivity contribution in [1.29, 1.82) is 0 Å². The van der Waals surface area contributed by atoms with Crippen LogP contribution >= 0.6 is 11.6 Å². The summed E-state index contributed by atoms with van der Waals surface area (Å²) < 4.78 is 10.5. The lowest BCUT2D eigenvalue weighted by Gasteiger charge is -2.17. The van der Waals surface area contributed by atoms with Crippen molar-refractivity contribution in [3.8, 4) is 0 Å². The second-order valence-electron chi connectivity index (χ2n) is 6.72. The van der Waals surface area contributed by atoms with Gasteiger partial charge in [-0.1, -0.05) is 37.8 Å². The fourth-order valence-electron chi connectivity index (χ4n) is 2.83. The van der Waals surface area contributed by atoms with Gasteiger partial charge in [-0.3, -0.25) is 9.59 Å². The summed E-state index contributed by atoms with van der Waals surface area (Å²) in [5, 5.41) is 0. The third-order valence-electron chi connectivity index (χ3n) is 4.41. The number of hydrogen-bond donors (Lipinski definition) is 0. The number of carbonyl (C=O) groups excluding carboxylic acids is 2. The summed E-state index contributed by atoms with van der Waals surface area (Å²) in [6, 6.07) is 0. The molecular formula is C20H33ClO4. The van der Waals surface area contributed by atoms with Gasteiger partial charge in [0.05, 0.1) is 13.2 Å². The number of carbonyl (C=O) groups is 2. The van der Waals surface area contributed by atoms with E-state index in [1.165, 1.54) is 12.8 Å². The highest BCUT2D eigenvalue weighted by Crippen LogP contribution is 2.18. The molecule has 0 aliphatic heterocycles. The fourth-order valence-corrected chi connectivity index (χ4v) is 3.02. The SMILES string of the molecule is O=C(CCCC(=O)OCC1CC=CCC1)OCCCCCCCCCl. The summed E-state index contributed by atoms with van der Waals surface area (Å²) in [4.78, 5) is 23.3. The van der Waals surface area contributed by atoms with Gasteiger partial charge in [-0.25, -0.2) is 0 Å². The maximum Gasteiger partial charge on any atom is 0.305 e. The lowest BCUT2D eigenvalue weighted by atomic mass is 9.95. The minimum Gasteiger partial charge on any atom is -0.466 e. The number of alkyl halides is 1. The van der Waals surface area contributed by atoms with Crippen LogP contribution in [-0.2, 0) is 19.1 Å². The van der Waals surface area contributed by atoms with Crippen LogP contribution in [0.25, 0.3) is 0 Å². The van der Waals surface area contributed by atoms with Gasteiger partial charge in [-0.05, 0) is 44.4 Å². The standard InChI is InChI=1S/C20H33ClO4/c21-15-8-3-1-2-4-9-16-24-19(22)13-10-14-20(23)25-17-18-11-6-5-7-12-18/h5-6,18H,1-4,7-17H2. The van der Waals surface area contributed by atoms with Crippen molar-refractivity contribution in [2.45, 2.75) is 77.0 Å². The predicted octanol–water partition coefficient (Wildman–Crippen LogP) is 5.18. The molecule has 0 amide bonds. The average molecular weight is 373 g/mol. The molecule has 0 saturated heterocycles. The van der Waals surface area contributed by atoms with Crippen LogP contribution in [-0.4, -0.2) is 31.0 Å². The van der Waals surface area contributed by atoms with Gasteiger partial charge >= 0.3 is 11.9 Å². The van der Waals surface area contributed by atoms with E-state index in [4.69, 9.17) is 21.1 Å². The van der Waals surface area contributed by atoms with Crippen LogP contribution in [0.1, 0.15) is 77.0 Å². The van der Waals surface area contributed by atoms with Gasteiger partial charge in [0.2, 0.25) is 0 Å². The van der Waals surface area contributed by atoms with Crippen molar-refractivity contribution in [2.75, 3.05) is 19.1 Å². The van der Waals surface area contributed by atoms with E-state index >= 15 is 0 Å². The summed E-state index contributed by atoms with van der Waals surface area (Å²) in [7, 11) is 0. The van der Waals surface area contributed by atoms with Gasteiger partial charge in [0.15, 0.2) is 0 Å². The second kappa shape index (κ2) is 15.2. The molecule has 0 spiro atoms. The average Bonchev–Trinajstić information content (AvgIpc) is 2.63. The van der Waals surface area contributed by atoms with Crippen LogP contribution in [0, 0.1) is 5.92 Å². The molecule has 0 aromatic carbocycles. The Balaban J connectivity index is 1.88. The minimum absolute atomic E-state index is 0.209. The predicted molar refractivity (Wildman–Crippen MR) is 101 cm³/mol. The van der Waals surface area contributed by atoms with Crippen LogP contribution in [0.5, 0.6) is 0 Å². The maximum atomic E-state index is 11.7. The van der Waals surface area contributed by atoms with E-state index < -0.39 is 0 Å². The third kappa shape index (κ3) is 12.9. The van der Waals surface area contributed by atoms with Crippen LogP contribution < -0.4 is 0 Å². The number of allylic oxidation sites excluding steroid dienone is 2. The first-order chi connectivity index (χ1) is 12.2. The molecule has 25 heavy (non-hydrogen) atoms. The van der Waals surface area contributed by atoms with E-state index in [-0.39, 0.29) is 24.8 Å². The van der Waals surface area contributed by atoms with E-state index in [0.29, 0.717) is 25.6 Å². The summed E-state index contributed by atoms with van der Waals surface area (Å²) in [5.74, 6) is 0.767. The Morgan fingerprint density at radius 1 is 0.880 bits per heavy atom. The van der Waals surface area contributed by atoms with Crippen LogP contribution in [0.15, 0.2) is 12.2 Å². The summed E-state index contributed by atoms with van der Waals surface area (Å²) in [6.45, 7) is 0.979. The number of halogens is 1. The maximum absolute atomic E-state index is 11.7. The Hall–Kier alpha value is -1.03. The fraction of sp³-hybridized carbons (Fsp3) is 0.800. The van der Waals surface area contributed by atoms with Crippen molar-refractivity contribution < 1.29 is 19.1 Å². The lowest BCUT2D eigenvalue weighted by molar-refractivity contribution is -0.146. The second-order valence-corrected chi connectivity index (χ2v) is 7.10. The molecule has 0 aromatic rings. The molecule has 1 rings (SSSR count). The first-order valence-corrected chi connectivity index (χ1v) is 10.3. The molecule has 0 radical (unpaired) electrons. The van der Waals surface area contributed by atoms with Gasteiger partial charge in [0, 0.05) is 18.7 Å². The summed E-state index contributed by atoms with van der Waals surface area (Å²) in [6.07, 6.45) is 15.2. The zero-order valence-electron chi connectivity index (χ0n) is 15.3. The first-order valence-electron chi connectivity index (χ1n) is 9.74. The third-order valence-corrected chi connectivity index (χ3v) is 4.68. The highest BCUT2D eigenvalue weighted by molar-refractivity contribution is 6.17. The molecule has 0 N–H and O–H groups in total. The lowest BCUT2D eigenvalue weighted by Crippen LogP contribution is -2.15. The Morgan fingerprint density at radius 3 is 2.24 bits per heavy atom. The summed E-state index contributed by atoms with van der Waals surface area (Å²) in [5.41, 5.74) is 0. The Bertz CT molecular complexity index is 395. The molecule has 4 nitrogen and oxygen atoms in total. The largest absolute Gasteiger partial charge is 0.466 e. The molecule has 0 bridgehead atoms. The molecule has 0 aromatic heterocycles. The van der Waals surface area contributed by atoms with Crippen molar-refractivity contribution >= 4 is 23.5 Å². The molecule has 0 fully saturated rings. The molecule has 5 heteroatoms. The van der Waals surface area contributed by atoms with E-state index in [2.05, 4.69) is 12.2 Å². The molecule has 0 saturated carbocycles. The zero-order chi connectivity index (χ0) is 18.2. The molecule has 1 unspecified atom stereocenters. The number of ether oxygens (including phenoxy) is 2. The van der Waals surface area contributed by atoms with Gasteiger partial charge in [-0.15, -0.1) is 11.6 Å². The Morgan fingerprint density at radius 2 is 1.56 bits per heavy atom. The Kier molecular flexibility index (Phi) is 13.4. The van der Waals surface area contributed by atoms with Crippen molar-refractivity contribution in [1.82, 2.24) is 0 Å². The highest BCUT2D eigenvalue weighted by atomic mass is 35.5. The van der Waals surface area contributed by atoms with Gasteiger partial charge < -0.3 is 9.47 Å². The molecule has 1 aliphatic rings. The van der Waals surface area contributed by atoms with E-state index in [0.717, 1.165) is 50.8 Å². The van der Waals surface area contributed by atoms with Crippen LogP contribution in [0.4, 0.5) is 0 Å². The quantitative estimate of drug-likeness (QED) is 0.182. The van der Waals surface area contributed by atoms with Crippen molar-refractivity contribution in [2.24, 2.45) is 5.92 Å². The van der Waals surface area contributed by atoms with Crippen molar-refractivity contribution in [3.63, 3.8) is 0 Å². The monoisotopic (exact) mass is 372 g/mol. The zero-order valence-corrected chi connectivity index (χ0v) is 16.1. The first kappa shape index (κ1) is 22.0. The number of rotatable bonds is 14. The van der Waals surface area contributed by atoms with Gasteiger partial charge in [0.1, 0.15) is 0 Å². The van der Waals surface area contributed by atoms with Crippen LogP contribution in [0.3, 0.4) is 0 Å². The molecule has 1 aliphatic carbocycles. The van der Waals surface area contributed by atoms with E-state index in [1.54, 1.807) is 0 Å². The van der Waals surface area contributed by atoms with Gasteiger partial charge in [0.25, 0.3) is 0 Å². The highest BCUT2D eigenvalue weighted by Gasteiger charge is 2.13. The van der Waals surface area contributed by atoms with E-state index in [9.17, 15) is 9.59 Å². The van der Waals surface area contributed by atoms with Crippen molar-refractivity contribution in [3.05, 3.63) is 12.2 Å². The molecular weight excluding hydrogens is 340 g/mol. The smallest absolute Gasteiger partial charge is 0.305 e. The number of unbranched alkanes of at least 4 members (excludes halogenated alkanes) is 5. The number of esters is 2. The number of hydrogen-bond acceptors (Lipinski definition) is 4. The molecule has 144 valence electrons. The topological polar surface area (TPSA) is 52.6 Å². The normalized spacial score (nSPS) is 16.6. The van der Waals surface area contributed by atoms with Crippen LogP contribution in [0.2, 0.25) is 0 Å². The Labute approximate surface area is 157 Å². The molecule has 1 atom stereocenters. The summed E-state index contributed by atoms with van der Waals surface area (Å²) >= 11 is 5.62.